The number of piperazine rings is 1. The number of amides is 1. The van der Waals surface area contributed by atoms with Crippen LogP contribution in [0.5, 0.6) is 0 Å². The van der Waals surface area contributed by atoms with Crippen LogP contribution in [-0.2, 0) is 11.2 Å². The number of anilines is 1. The zero-order valence-electron chi connectivity index (χ0n) is 20.2. The number of pyridine rings is 1. The molecule has 0 N–H and O–H groups in total. The Balaban J connectivity index is 0.00000149. The van der Waals surface area contributed by atoms with Crippen LogP contribution in [0.15, 0.2) is 5.16 Å². The molecule has 4 rings (SSSR count). The van der Waals surface area contributed by atoms with E-state index in [1.165, 1.54) is 11.8 Å². The van der Waals surface area contributed by atoms with Gasteiger partial charge in [-0.15, -0.1) is 0 Å². The number of aromatic nitrogens is 3. The average molecular weight is 498 g/mol. The van der Waals surface area contributed by atoms with Crippen LogP contribution in [0.4, 0.5) is 15.0 Å². The molecule has 1 unspecified atom stereocenters. The average Bonchev–Trinajstić information content (AvgIpc) is 2.76. The highest BCUT2D eigenvalue weighted by Gasteiger charge is 2.35. The molecule has 2 aromatic rings. The lowest BCUT2D eigenvalue weighted by Gasteiger charge is -2.43. The van der Waals surface area contributed by atoms with Crippen molar-refractivity contribution in [2.24, 2.45) is 0 Å². The number of halogens is 2. The van der Waals surface area contributed by atoms with Crippen LogP contribution in [0, 0.1) is 5.82 Å². The monoisotopic (exact) mass is 497 g/mol. The summed E-state index contributed by atoms with van der Waals surface area (Å²) in [4.78, 5) is 30.2. The minimum Gasteiger partial charge on any atom is -0.444 e. The third kappa shape index (κ3) is 5.62. The largest absolute Gasteiger partial charge is 0.444 e. The number of carbonyl (C=O) groups is 1. The zero-order chi connectivity index (χ0) is 24.3. The predicted octanol–water partition coefficient (Wildman–Crippen LogP) is 5.72. The van der Waals surface area contributed by atoms with E-state index in [4.69, 9.17) is 21.3 Å². The number of hydrogen-bond acceptors (Lipinski definition) is 7. The van der Waals surface area contributed by atoms with Crippen molar-refractivity contribution in [3.05, 3.63) is 16.7 Å². The second-order valence-corrected chi connectivity index (χ2v) is 10.4. The number of rotatable bonds is 2. The molecule has 182 valence electrons. The normalized spacial score (nSPS) is 18.1. The molecule has 0 aliphatic carbocycles. The lowest BCUT2D eigenvalue weighted by atomic mass is 9.98. The van der Waals surface area contributed by atoms with Crippen molar-refractivity contribution in [3.8, 4) is 0 Å². The Labute approximate surface area is 204 Å². The lowest BCUT2D eigenvalue weighted by molar-refractivity contribution is 0.0211. The van der Waals surface area contributed by atoms with Crippen LogP contribution in [-0.4, -0.2) is 63.0 Å². The zero-order valence-corrected chi connectivity index (χ0v) is 21.8. The van der Waals surface area contributed by atoms with Gasteiger partial charge < -0.3 is 14.5 Å². The van der Waals surface area contributed by atoms with Crippen LogP contribution in [0.1, 0.15) is 60.1 Å². The molecular formula is C23H33ClFN5O2S. The molecule has 2 aromatic heterocycles. The summed E-state index contributed by atoms with van der Waals surface area (Å²) in [6.45, 7) is 13.2. The number of nitrogens with zero attached hydrogens (tertiary/aromatic N) is 5. The van der Waals surface area contributed by atoms with Crippen molar-refractivity contribution >= 4 is 46.2 Å². The first-order valence-electron chi connectivity index (χ1n) is 11.6. The topological polar surface area (TPSA) is 71.5 Å². The first kappa shape index (κ1) is 25.7. The molecule has 0 radical (unpaired) electrons. The summed E-state index contributed by atoms with van der Waals surface area (Å²) in [5.74, 6) is 0.854. The second-order valence-electron chi connectivity index (χ2n) is 8.82. The molecule has 4 heterocycles. The Morgan fingerprint density at radius 1 is 1.24 bits per heavy atom. The Morgan fingerprint density at radius 2 is 1.97 bits per heavy atom. The predicted molar refractivity (Wildman–Crippen MR) is 132 cm³/mol. The van der Waals surface area contributed by atoms with E-state index < -0.39 is 11.4 Å². The molecule has 2 aliphatic rings. The van der Waals surface area contributed by atoms with Crippen molar-refractivity contribution < 1.29 is 13.9 Å². The molecule has 0 saturated carbocycles. The number of fused-ring (bicyclic) bond motifs is 2. The number of carbonyl (C=O) groups excluding carboxylic acids is 1. The van der Waals surface area contributed by atoms with Gasteiger partial charge in [-0.2, -0.15) is 0 Å². The molecular weight excluding hydrogens is 465 g/mol. The van der Waals surface area contributed by atoms with E-state index in [-0.39, 0.29) is 22.8 Å². The molecule has 0 bridgehead atoms. The fourth-order valence-corrected chi connectivity index (χ4v) is 4.89. The fourth-order valence-electron chi connectivity index (χ4n) is 4.14. The van der Waals surface area contributed by atoms with Gasteiger partial charge in [0, 0.05) is 25.7 Å². The van der Waals surface area contributed by atoms with Gasteiger partial charge in [0.05, 0.1) is 11.1 Å². The Morgan fingerprint density at radius 3 is 2.64 bits per heavy atom. The molecule has 1 saturated heterocycles. The van der Waals surface area contributed by atoms with Crippen molar-refractivity contribution in [1.29, 1.82) is 0 Å². The molecule has 0 spiro atoms. The first-order valence-corrected chi connectivity index (χ1v) is 13.0. The van der Waals surface area contributed by atoms with E-state index in [1.54, 1.807) is 4.90 Å². The lowest BCUT2D eigenvalue weighted by Crippen LogP contribution is -2.56. The van der Waals surface area contributed by atoms with Gasteiger partial charge in [0.25, 0.3) is 0 Å². The smallest absolute Gasteiger partial charge is 0.410 e. The van der Waals surface area contributed by atoms with Gasteiger partial charge in [-0.1, -0.05) is 44.1 Å². The summed E-state index contributed by atoms with van der Waals surface area (Å²) < 4.78 is 20.5. The Bertz CT molecular complexity index is 1020. The number of thioether (sulfide) groups is 1. The van der Waals surface area contributed by atoms with Crippen LogP contribution < -0.4 is 4.90 Å². The summed E-state index contributed by atoms with van der Waals surface area (Å²) in [6.07, 6.45) is 2.06. The maximum absolute atomic E-state index is 14.9. The van der Waals surface area contributed by atoms with Gasteiger partial charge in [-0.3, -0.25) is 0 Å². The van der Waals surface area contributed by atoms with Crippen LogP contribution in [0.3, 0.4) is 0 Å². The fraction of sp³-hybridized carbons (Fsp3) is 0.652. The van der Waals surface area contributed by atoms with E-state index >= 15 is 0 Å². The van der Waals surface area contributed by atoms with Gasteiger partial charge in [-0.05, 0) is 45.8 Å². The summed E-state index contributed by atoms with van der Waals surface area (Å²) >= 11 is 7.55. The number of ether oxygens (including phenoxy) is 1. The highest BCUT2D eigenvalue weighted by Crippen LogP contribution is 2.37. The molecule has 7 nitrogen and oxygen atoms in total. The Hall–Kier alpha value is -1.87. The summed E-state index contributed by atoms with van der Waals surface area (Å²) in [7, 11) is 0. The molecule has 0 aromatic carbocycles. The van der Waals surface area contributed by atoms with E-state index in [2.05, 4.69) is 14.9 Å². The highest BCUT2D eigenvalue weighted by atomic mass is 35.5. The quantitative estimate of drug-likeness (QED) is 0.298. The van der Waals surface area contributed by atoms with E-state index in [0.717, 1.165) is 24.3 Å². The van der Waals surface area contributed by atoms with Crippen molar-refractivity contribution in [2.75, 3.05) is 30.3 Å². The highest BCUT2D eigenvalue weighted by molar-refractivity contribution is 7.99. The molecule has 1 atom stereocenters. The van der Waals surface area contributed by atoms with Crippen LogP contribution >= 0.6 is 23.4 Å². The van der Waals surface area contributed by atoms with Crippen LogP contribution in [0.25, 0.3) is 10.9 Å². The van der Waals surface area contributed by atoms with Gasteiger partial charge in [-0.25, -0.2) is 24.1 Å². The van der Waals surface area contributed by atoms with E-state index in [1.807, 2.05) is 41.5 Å². The third-order valence-corrected chi connectivity index (χ3v) is 6.39. The SMILES string of the molecule is CC.CCSc1nc2c3c(nc(Cl)c(F)c3n1)CCCC1CN(C(=O)OC(C)(C)C)CCN21. The van der Waals surface area contributed by atoms with E-state index in [0.29, 0.717) is 42.4 Å². The molecule has 2 aliphatic heterocycles. The molecule has 33 heavy (non-hydrogen) atoms. The molecule has 1 amide bonds. The van der Waals surface area contributed by atoms with Gasteiger partial charge >= 0.3 is 6.09 Å². The maximum atomic E-state index is 14.9. The van der Waals surface area contributed by atoms with Gasteiger partial charge in [0.1, 0.15) is 16.9 Å². The van der Waals surface area contributed by atoms with Crippen molar-refractivity contribution in [3.63, 3.8) is 0 Å². The summed E-state index contributed by atoms with van der Waals surface area (Å²) in [5.41, 5.74) is 0.422. The maximum Gasteiger partial charge on any atom is 0.410 e. The van der Waals surface area contributed by atoms with Crippen molar-refractivity contribution in [2.45, 2.75) is 77.6 Å². The Kier molecular flexibility index (Phi) is 8.26. The van der Waals surface area contributed by atoms with Gasteiger partial charge in [0.15, 0.2) is 16.1 Å². The minimum atomic E-state index is -0.605. The standard InChI is InChI=1S/C21H27ClFN5O2S.C2H6/c1-5-31-19-25-16-14-13(24-17(22)15(16)23)8-6-7-12-11-27(20(29)30-21(2,3)4)9-10-28(12)18(14)26-19;1-2/h12H,5-11H2,1-4H3;1-2H3. The molecule has 1 fully saturated rings. The number of hydrogen-bond donors (Lipinski definition) is 0. The molecule has 10 heteroatoms. The summed E-state index contributed by atoms with van der Waals surface area (Å²) in [6, 6.07) is 0.0609. The first-order chi connectivity index (χ1) is 15.7. The summed E-state index contributed by atoms with van der Waals surface area (Å²) in [5, 5.41) is 1.01. The van der Waals surface area contributed by atoms with E-state index in [9.17, 15) is 9.18 Å². The van der Waals surface area contributed by atoms with Crippen LogP contribution in [0.2, 0.25) is 5.15 Å². The minimum absolute atomic E-state index is 0.0609. The van der Waals surface area contributed by atoms with Crippen molar-refractivity contribution in [1.82, 2.24) is 19.9 Å². The number of aryl methyl sites for hydroxylation is 1. The van der Waals surface area contributed by atoms with Gasteiger partial charge in [0.2, 0.25) is 0 Å². The third-order valence-electron chi connectivity index (χ3n) is 5.41. The second kappa shape index (κ2) is 10.6.